The second kappa shape index (κ2) is 6.27. The second-order valence-electron chi connectivity index (χ2n) is 6.13. The molecule has 2 nitrogen and oxygen atoms in total. The van der Waals surface area contributed by atoms with Crippen LogP contribution in [0.1, 0.15) is 46.3 Å². The fourth-order valence-electron chi connectivity index (χ4n) is 2.84. The molecule has 2 aromatic rings. The normalized spacial score (nSPS) is 17.4. The molecule has 0 spiro atoms. The number of hydrogen-bond donors (Lipinski definition) is 0. The van der Waals surface area contributed by atoms with Gasteiger partial charge in [0.05, 0.1) is 6.04 Å². The molecule has 0 radical (unpaired) electrons. The lowest BCUT2D eigenvalue weighted by Crippen LogP contribution is -2.09. The highest BCUT2D eigenvalue weighted by Crippen LogP contribution is 2.22. The smallest absolute Gasteiger partial charge is 0.165 e. The summed E-state index contributed by atoms with van der Waals surface area (Å²) in [4.78, 5) is 17.1. The van der Waals surface area contributed by atoms with E-state index < -0.39 is 0 Å². The molecular formula is C20H21NO. The van der Waals surface area contributed by atoms with E-state index in [4.69, 9.17) is 4.99 Å². The van der Waals surface area contributed by atoms with Gasteiger partial charge in [0, 0.05) is 17.7 Å². The molecule has 3 rings (SSSR count). The number of aliphatic imine (C=N–C) groups is 1. The molecule has 1 heterocycles. The van der Waals surface area contributed by atoms with Crippen molar-refractivity contribution in [1.82, 2.24) is 0 Å². The fraction of sp³-hybridized carbons (Fsp3) is 0.300. The predicted molar refractivity (Wildman–Crippen MR) is 90.9 cm³/mol. The zero-order valence-corrected chi connectivity index (χ0v) is 13.2. The number of Topliss-reactive ketones (excluding diaryl/α,β-unsaturated/α-hetero) is 1. The molecule has 112 valence electrons. The Morgan fingerprint density at radius 1 is 1.00 bits per heavy atom. The third-order valence-corrected chi connectivity index (χ3v) is 4.23. The Morgan fingerprint density at radius 3 is 2.23 bits per heavy atom. The molecule has 0 saturated carbocycles. The van der Waals surface area contributed by atoms with E-state index in [1.165, 1.54) is 16.7 Å². The van der Waals surface area contributed by atoms with Crippen molar-refractivity contribution in [2.24, 2.45) is 4.99 Å². The van der Waals surface area contributed by atoms with Gasteiger partial charge in [0.15, 0.2) is 5.78 Å². The van der Waals surface area contributed by atoms with Crippen molar-refractivity contribution in [3.63, 3.8) is 0 Å². The Bertz CT molecular complexity index is 695. The number of hydrogen-bond acceptors (Lipinski definition) is 2. The van der Waals surface area contributed by atoms with Gasteiger partial charge >= 0.3 is 0 Å². The van der Waals surface area contributed by atoms with Crippen LogP contribution in [0.15, 0.2) is 53.5 Å². The van der Waals surface area contributed by atoms with E-state index in [2.05, 4.69) is 31.2 Å². The minimum atomic E-state index is 0.130. The molecule has 0 aromatic heterocycles. The van der Waals surface area contributed by atoms with Crippen molar-refractivity contribution in [2.45, 2.75) is 39.2 Å². The molecular weight excluding hydrogens is 270 g/mol. The summed E-state index contributed by atoms with van der Waals surface area (Å²) >= 11 is 0. The number of benzene rings is 2. The summed E-state index contributed by atoms with van der Waals surface area (Å²) < 4.78 is 0. The van der Waals surface area contributed by atoms with E-state index in [1.807, 2.05) is 31.2 Å². The Labute approximate surface area is 131 Å². The lowest BCUT2D eigenvalue weighted by atomic mass is 10.0. The van der Waals surface area contributed by atoms with Crippen molar-refractivity contribution in [3.8, 4) is 0 Å². The summed E-state index contributed by atoms with van der Waals surface area (Å²) in [6, 6.07) is 16.4. The Kier molecular flexibility index (Phi) is 4.19. The van der Waals surface area contributed by atoms with Gasteiger partial charge in [-0.05, 0) is 32.3 Å². The summed E-state index contributed by atoms with van der Waals surface area (Å²) in [6.45, 7) is 4.12. The van der Waals surface area contributed by atoms with Gasteiger partial charge in [-0.3, -0.25) is 9.79 Å². The molecule has 0 aliphatic carbocycles. The molecule has 1 aliphatic rings. The maximum Gasteiger partial charge on any atom is 0.165 e. The van der Waals surface area contributed by atoms with Crippen LogP contribution in [0.5, 0.6) is 0 Å². The number of carbonyl (C=O) groups excluding carboxylic acids is 1. The third-order valence-electron chi connectivity index (χ3n) is 4.23. The van der Waals surface area contributed by atoms with Gasteiger partial charge in [-0.25, -0.2) is 0 Å². The van der Waals surface area contributed by atoms with E-state index in [0.29, 0.717) is 6.42 Å². The Hall–Kier alpha value is -2.22. The van der Waals surface area contributed by atoms with Crippen molar-refractivity contribution in [3.05, 3.63) is 70.8 Å². The molecule has 0 saturated heterocycles. The molecule has 2 heteroatoms. The number of nitrogens with zero attached hydrogens (tertiary/aromatic N) is 1. The number of aryl methyl sites for hydroxylation is 2. The van der Waals surface area contributed by atoms with Crippen LogP contribution in [-0.4, -0.2) is 17.5 Å². The first kappa shape index (κ1) is 14.7. The molecule has 22 heavy (non-hydrogen) atoms. The fourth-order valence-corrected chi connectivity index (χ4v) is 2.84. The molecule has 0 amide bonds. The first-order valence-electron chi connectivity index (χ1n) is 7.85. The van der Waals surface area contributed by atoms with E-state index in [-0.39, 0.29) is 11.8 Å². The largest absolute Gasteiger partial charge is 0.294 e. The third kappa shape index (κ3) is 3.33. The standard InChI is InChI=1S/C20H21NO/c1-14-3-7-16(8-4-14)19-12-11-18(21-19)13-20(22)17-9-5-15(2)6-10-17/h3-10,18H,11-13H2,1-2H3. The molecule has 0 bridgehead atoms. The van der Waals surface area contributed by atoms with E-state index in [9.17, 15) is 4.79 Å². The number of ketones is 1. The summed E-state index contributed by atoms with van der Waals surface area (Å²) in [5, 5.41) is 0. The average molecular weight is 291 g/mol. The minimum absolute atomic E-state index is 0.130. The quantitative estimate of drug-likeness (QED) is 0.761. The Morgan fingerprint density at radius 2 is 1.59 bits per heavy atom. The highest BCUT2D eigenvalue weighted by atomic mass is 16.1. The van der Waals surface area contributed by atoms with Crippen LogP contribution in [0.2, 0.25) is 0 Å². The second-order valence-corrected chi connectivity index (χ2v) is 6.13. The predicted octanol–water partition coefficient (Wildman–Crippen LogP) is 4.53. The van der Waals surface area contributed by atoms with Crippen LogP contribution in [-0.2, 0) is 0 Å². The van der Waals surface area contributed by atoms with Gasteiger partial charge in [-0.1, -0.05) is 59.7 Å². The molecule has 0 N–H and O–H groups in total. The van der Waals surface area contributed by atoms with Crippen LogP contribution in [0.3, 0.4) is 0 Å². The average Bonchev–Trinajstić information content (AvgIpc) is 2.97. The summed E-state index contributed by atoms with van der Waals surface area (Å²) in [5.41, 5.74) is 5.56. The molecule has 1 atom stereocenters. The van der Waals surface area contributed by atoms with Gasteiger partial charge in [0.25, 0.3) is 0 Å². The van der Waals surface area contributed by atoms with Gasteiger partial charge in [0.2, 0.25) is 0 Å². The van der Waals surface area contributed by atoms with Crippen LogP contribution in [0.4, 0.5) is 0 Å². The summed E-state index contributed by atoms with van der Waals surface area (Å²) in [7, 11) is 0. The monoisotopic (exact) mass is 291 g/mol. The molecule has 1 unspecified atom stereocenters. The highest BCUT2D eigenvalue weighted by molar-refractivity contribution is 6.02. The van der Waals surface area contributed by atoms with E-state index in [1.54, 1.807) is 0 Å². The van der Waals surface area contributed by atoms with Crippen molar-refractivity contribution in [1.29, 1.82) is 0 Å². The summed E-state index contributed by atoms with van der Waals surface area (Å²) in [6.07, 6.45) is 2.45. The van der Waals surface area contributed by atoms with E-state index in [0.717, 1.165) is 24.1 Å². The lowest BCUT2D eigenvalue weighted by molar-refractivity contribution is 0.0975. The van der Waals surface area contributed by atoms with Crippen molar-refractivity contribution < 1.29 is 4.79 Å². The van der Waals surface area contributed by atoms with Crippen LogP contribution in [0, 0.1) is 13.8 Å². The van der Waals surface area contributed by atoms with Gasteiger partial charge in [-0.15, -0.1) is 0 Å². The first-order chi connectivity index (χ1) is 10.6. The lowest BCUT2D eigenvalue weighted by Gasteiger charge is -2.06. The van der Waals surface area contributed by atoms with Crippen LogP contribution < -0.4 is 0 Å². The molecule has 0 fully saturated rings. The highest BCUT2D eigenvalue weighted by Gasteiger charge is 2.21. The summed E-state index contributed by atoms with van der Waals surface area (Å²) in [5.74, 6) is 0.193. The SMILES string of the molecule is Cc1ccc(C(=O)CC2CCC(c3ccc(C)cc3)=N2)cc1. The minimum Gasteiger partial charge on any atom is -0.294 e. The maximum atomic E-state index is 12.3. The number of rotatable bonds is 4. The molecule has 2 aromatic carbocycles. The van der Waals surface area contributed by atoms with Gasteiger partial charge in [-0.2, -0.15) is 0 Å². The zero-order chi connectivity index (χ0) is 15.5. The zero-order valence-electron chi connectivity index (χ0n) is 13.2. The van der Waals surface area contributed by atoms with Crippen molar-refractivity contribution in [2.75, 3.05) is 0 Å². The van der Waals surface area contributed by atoms with Gasteiger partial charge in [0.1, 0.15) is 0 Å². The maximum absolute atomic E-state index is 12.3. The van der Waals surface area contributed by atoms with Crippen molar-refractivity contribution >= 4 is 11.5 Å². The van der Waals surface area contributed by atoms with E-state index >= 15 is 0 Å². The topological polar surface area (TPSA) is 29.4 Å². The van der Waals surface area contributed by atoms with Gasteiger partial charge < -0.3 is 0 Å². The molecule has 1 aliphatic heterocycles. The Balaban J connectivity index is 1.68. The number of carbonyl (C=O) groups is 1. The first-order valence-corrected chi connectivity index (χ1v) is 7.85. The van der Waals surface area contributed by atoms with Crippen LogP contribution in [0.25, 0.3) is 0 Å². The van der Waals surface area contributed by atoms with Crippen LogP contribution >= 0.6 is 0 Å².